The molecule has 1 fully saturated rings. The van der Waals surface area contributed by atoms with Gasteiger partial charge in [0.1, 0.15) is 0 Å². The van der Waals surface area contributed by atoms with E-state index in [0.29, 0.717) is 18.4 Å². The molecule has 1 saturated carbocycles. The quantitative estimate of drug-likeness (QED) is 0.879. The molecule has 1 aliphatic carbocycles. The first-order chi connectivity index (χ1) is 9.78. The van der Waals surface area contributed by atoms with Crippen molar-refractivity contribution >= 4 is 24.0 Å². The molecule has 0 saturated heterocycles. The third-order valence-electron chi connectivity index (χ3n) is 4.25. The number of alkyl halides is 3. The molecule has 1 aromatic carbocycles. The second-order valence-electron chi connectivity index (χ2n) is 5.67. The van der Waals surface area contributed by atoms with Crippen LogP contribution in [0.1, 0.15) is 36.8 Å². The molecule has 7 heteroatoms. The number of carbonyl (C=O) groups is 1. The number of benzene rings is 1. The van der Waals surface area contributed by atoms with Crippen LogP contribution in [0.25, 0.3) is 0 Å². The second kappa shape index (κ2) is 6.87. The number of nitrogens with one attached hydrogen (secondary N) is 1. The van der Waals surface area contributed by atoms with Gasteiger partial charge in [-0.05, 0) is 37.5 Å². The topological polar surface area (TPSA) is 55.1 Å². The Morgan fingerprint density at radius 2 is 1.91 bits per heavy atom. The Morgan fingerprint density at radius 1 is 1.32 bits per heavy atom. The Labute approximate surface area is 133 Å². The van der Waals surface area contributed by atoms with Gasteiger partial charge in [-0.15, -0.1) is 12.4 Å². The fraction of sp³-hybridized carbons (Fsp3) is 0.533. The summed E-state index contributed by atoms with van der Waals surface area (Å²) in [4.78, 5) is 12.4. The first-order valence-electron chi connectivity index (χ1n) is 6.98. The molecule has 0 spiro atoms. The zero-order valence-electron chi connectivity index (χ0n) is 12.3. The van der Waals surface area contributed by atoms with E-state index in [1.807, 2.05) is 0 Å². The van der Waals surface area contributed by atoms with Gasteiger partial charge >= 0.3 is 6.18 Å². The summed E-state index contributed by atoms with van der Waals surface area (Å²) in [6, 6.07) is 3.36. The molecule has 0 radical (unpaired) electrons. The number of carbonyl (C=O) groups excluding carboxylic acids is 1. The summed E-state index contributed by atoms with van der Waals surface area (Å²) in [5.41, 5.74) is 5.12. The minimum atomic E-state index is -4.42. The average Bonchev–Trinajstić information content (AvgIpc) is 2.90. The minimum absolute atomic E-state index is 0. The van der Waals surface area contributed by atoms with Gasteiger partial charge in [0.2, 0.25) is 5.91 Å². The van der Waals surface area contributed by atoms with Gasteiger partial charge < -0.3 is 11.1 Å². The summed E-state index contributed by atoms with van der Waals surface area (Å²) in [7, 11) is 0. The third-order valence-corrected chi connectivity index (χ3v) is 4.25. The molecule has 0 aliphatic heterocycles. The summed E-state index contributed by atoms with van der Waals surface area (Å²) in [6.45, 7) is 1.89. The molecule has 0 aromatic heterocycles. The highest BCUT2D eigenvalue weighted by molar-refractivity contribution is 5.96. The van der Waals surface area contributed by atoms with Crippen molar-refractivity contribution in [2.24, 2.45) is 11.1 Å². The fourth-order valence-electron chi connectivity index (χ4n) is 2.76. The largest absolute Gasteiger partial charge is 0.416 e. The Balaban J connectivity index is 0.00000242. The van der Waals surface area contributed by atoms with Crippen LogP contribution in [0.3, 0.4) is 0 Å². The summed E-state index contributed by atoms with van der Waals surface area (Å²) < 4.78 is 38.2. The number of hydrogen-bond acceptors (Lipinski definition) is 2. The number of amides is 1. The van der Waals surface area contributed by atoms with E-state index < -0.39 is 17.2 Å². The number of rotatable bonds is 3. The average molecular weight is 337 g/mol. The predicted molar refractivity (Wildman–Crippen MR) is 82.0 cm³/mol. The lowest BCUT2D eigenvalue weighted by atomic mass is 9.85. The number of anilines is 1. The molecular weight excluding hydrogens is 317 g/mol. The van der Waals surface area contributed by atoms with Gasteiger partial charge in [-0.25, -0.2) is 0 Å². The summed E-state index contributed by atoms with van der Waals surface area (Å²) in [5, 5.41) is 2.64. The van der Waals surface area contributed by atoms with Crippen LogP contribution in [0.4, 0.5) is 18.9 Å². The molecule has 0 heterocycles. The molecule has 3 N–H and O–H groups in total. The SMILES string of the molecule is Cc1ccc(C(F)(F)F)cc1NC(=O)C1(CN)CCCC1.Cl. The highest BCUT2D eigenvalue weighted by Crippen LogP contribution is 2.39. The van der Waals surface area contributed by atoms with Gasteiger partial charge in [0.25, 0.3) is 0 Å². The number of halogens is 4. The smallest absolute Gasteiger partial charge is 0.329 e. The van der Waals surface area contributed by atoms with Gasteiger partial charge in [-0.1, -0.05) is 18.9 Å². The summed E-state index contributed by atoms with van der Waals surface area (Å²) in [6.07, 6.45) is -1.20. The van der Waals surface area contributed by atoms with E-state index in [0.717, 1.165) is 25.0 Å². The lowest BCUT2D eigenvalue weighted by Gasteiger charge is -2.26. The molecule has 1 aliphatic rings. The third kappa shape index (κ3) is 3.73. The first-order valence-corrected chi connectivity index (χ1v) is 6.98. The highest BCUT2D eigenvalue weighted by atomic mass is 35.5. The standard InChI is InChI=1S/C15H19F3N2O.ClH/c1-10-4-5-11(15(16,17)18)8-12(10)20-13(21)14(9-19)6-2-3-7-14;/h4-5,8H,2-3,6-7,9,19H2,1H3,(H,20,21);1H. The summed E-state index contributed by atoms with van der Waals surface area (Å²) in [5.74, 6) is -0.273. The molecule has 2 rings (SSSR count). The van der Waals surface area contributed by atoms with Gasteiger partial charge in [0.15, 0.2) is 0 Å². The van der Waals surface area contributed by atoms with Crippen LogP contribution in [0.15, 0.2) is 18.2 Å². The maximum atomic E-state index is 12.7. The lowest BCUT2D eigenvalue weighted by molar-refractivity contribution is -0.137. The Kier molecular flexibility index (Phi) is 5.87. The van der Waals surface area contributed by atoms with E-state index >= 15 is 0 Å². The van der Waals surface area contributed by atoms with E-state index in [4.69, 9.17) is 5.73 Å². The molecule has 0 bridgehead atoms. The maximum Gasteiger partial charge on any atom is 0.416 e. The Hall–Kier alpha value is -1.27. The zero-order chi connectivity index (χ0) is 15.7. The Morgan fingerprint density at radius 3 is 2.41 bits per heavy atom. The fourth-order valence-corrected chi connectivity index (χ4v) is 2.76. The normalized spacial score (nSPS) is 17.0. The van der Waals surface area contributed by atoms with Crippen LogP contribution < -0.4 is 11.1 Å². The highest BCUT2D eigenvalue weighted by Gasteiger charge is 2.40. The van der Waals surface area contributed by atoms with Crippen molar-refractivity contribution in [3.8, 4) is 0 Å². The van der Waals surface area contributed by atoms with Crippen molar-refractivity contribution < 1.29 is 18.0 Å². The van der Waals surface area contributed by atoms with Crippen molar-refractivity contribution in [2.75, 3.05) is 11.9 Å². The molecule has 124 valence electrons. The zero-order valence-corrected chi connectivity index (χ0v) is 13.1. The molecular formula is C15H20ClF3N2O. The van der Waals surface area contributed by atoms with E-state index in [9.17, 15) is 18.0 Å². The molecule has 0 unspecified atom stereocenters. The molecule has 3 nitrogen and oxygen atoms in total. The molecule has 22 heavy (non-hydrogen) atoms. The van der Waals surface area contributed by atoms with Crippen LogP contribution in [0, 0.1) is 12.3 Å². The summed E-state index contributed by atoms with van der Waals surface area (Å²) >= 11 is 0. The Bertz CT molecular complexity index is 540. The van der Waals surface area contributed by atoms with Gasteiger partial charge in [0.05, 0.1) is 11.0 Å². The van der Waals surface area contributed by atoms with E-state index in [1.165, 1.54) is 6.07 Å². The maximum absolute atomic E-state index is 12.7. The van der Waals surface area contributed by atoms with E-state index in [-0.39, 0.29) is 30.5 Å². The van der Waals surface area contributed by atoms with Gasteiger partial charge in [0, 0.05) is 12.2 Å². The van der Waals surface area contributed by atoms with Crippen LogP contribution in [0.5, 0.6) is 0 Å². The van der Waals surface area contributed by atoms with E-state index in [1.54, 1.807) is 6.92 Å². The van der Waals surface area contributed by atoms with Crippen molar-refractivity contribution in [3.63, 3.8) is 0 Å². The van der Waals surface area contributed by atoms with Gasteiger partial charge in [-0.3, -0.25) is 4.79 Å². The second-order valence-corrected chi connectivity index (χ2v) is 5.67. The van der Waals surface area contributed by atoms with Crippen LogP contribution in [0.2, 0.25) is 0 Å². The van der Waals surface area contributed by atoms with Crippen LogP contribution >= 0.6 is 12.4 Å². The number of hydrogen-bond donors (Lipinski definition) is 2. The van der Waals surface area contributed by atoms with E-state index in [2.05, 4.69) is 5.32 Å². The minimum Gasteiger partial charge on any atom is -0.329 e. The molecule has 0 atom stereocenters. The number of aryl methyl sites for hydroxylation is 1. The van der Waals surface area contributed by atoms with Crippen LogP contribution in [-0.4, -0.2) is 12.5 Å². The monoisotopic (exact) mass is 336 g/mol. The van der Waals surface area contributed by atoms with Crippen molar-refractivity contribution in [3.05, 3.63) is 29.3 Å². The van der Waals surface area contributed by atoms with Crippen molar-refractivity contribution in [1.29, 1.82) is 0 Å². The number of nitrogens with two attached hydrogens (primary N) is 1. The first kappa shape index (κ1) is 18.8. The molecule has 1 aromatic rings. The van der Waals surface area contributed by atoms with Crippen molar-refractivity contribution in [2.45, 2.75) is 38.8 Å². The molecule has 1 amide bonds. The lowest BCUT2D eigenvalue weighted by Crippen LogP contribution is -2.40. The van der Waals surface area contributed by atoms with Crippen LogP contribution in [-0.2, 0) is 11.0 Å². The van der Waals surface area contributed by atoms with Crippen molar-refractivity contribution in [1.82, 2.24) is 0 Å². The predicted octanol–water partition coefficient (Wildman–Crippen LogP) is 3.89. The van der Waals surface area contributed by atoms with Gasteiger partial charge in [-0.2, -0.15) is 13.2 Å².